The highest BCUT2D eigenvalue weighted by molar-refractivity contribution is 5.85. The Bertz CT molecular complexity index is 269. The van der Waals surface area contributed by atoms with Crippen LogP contribution in [0, 0.1) is 5.92 Å². The number of carbonyl (C=O) groups excluding carboxylic acids is 1. The van der Waals surface area contributed by atoms with Crippen molar-refractivity contribution < 1.29 is 14.3 Å². The molecular weight excluding hydrogens is 232 g/mol. The fourth-order valence-corrected chi connectivity index (χ4v) is 2.15. The lowest BCUT2D eigenvalue weighted by molar-refractivity contribution is -0.130. The lowest BCUT2D eigenvalue weighted by atomic mass is 9.93. The lowest BCUT2D eigenvalue weighted by Gasteiger charge is -2.33. The van der Waals surface area contributed by atoms with Crippen LogP contribution < -0.4 is 11.1 Å². The summed E-state index contributed by atoms with van der Waals surface area (Å²) in [5.74, 6) is 0.0133. The highest BCUT2D eigenvalue weighted by atomic mass is 16.5. The molecule has 5 nitrogen and oxygen atoms in total. The zero-order chi connectivity index (χ0) is 13.6. The number of carbonyl (C=O) groups is 1. The molecule has 2 atom stereocenters. The predicted octanol–water partition coefficient (Wildman–Crippen LogP) is 0.672. The van der Waals surface area contributed by atoms with Crippen LogP contribution in [0.3, 0.4) is 0 Å². The largest absolute Gasteiger partial charge is 0.382 e. The summed E-state index contributed by atoms with van der Waals surface area (Å²) < 4.78 is 10.7. The molecule has 2 unspecified atom stereocenters. The fourth-order valence-electron chi connectivity index (χ4n) is 2.15. The SMILES string of the molecule is CCCNC(COC(C)COC)(C(N)=O)C1CC1. The molecule has 3 N–H and O–H groups in total. The molecule has 0 saturated heterocycles. The van der Waals surface area contributed by atoms with E-state index in [4.69, 9.17) is 15.2 Å². The van der Waals surface area contributed by atoms with E-state index in [2.05, 4.69) is 12.2 Å². The number of rotatable bonds is 10. The third-order valence-corrected chi connectivity index (χ3v) is 3.40. The number of hydrogen-bond acceptors (Lipinski definition) is 4. The monoisotopic (exact) mass is 258 g/mol. The second kappa shape index (κ2) is 7.07. The molecule has 0 aromatic heterocycles. The number of ether oxygens (including phenoxy) is 2. The summed E-state index contributed by atoms with van der Waals surface area (Å²) in [5, 5.41) is 3.30. The van der Waals surface area contributed by atoms with Crippen molar-refractivity contribution in [1.29, 1.82) is 0 Å². The second-order valence-electron chi connectivity index (χ2n) is 5.11. The molecule has 0 aromatic rings. The van der Waals surface area contributed by atoms with E-state index in [0.29, 0.717) is 19.1 Å². The smallest absolute Gasteiger partial charge is 0.240 e. The molecule has 1 aliphatic rings. The van der Waals surface area contributed by atoms with Gasteiger partial charge in [-0.2, -0.15) is 0 Å². The summed E-state index contributed by atoms with van der Waals surface area (Å²) in [4.78, 5) is 11.8. The van der Waals surface area contributed by atoms with E-state index >= 15 is 0 Å². The third kappa shape index (κ3) is 3.93. The standard InChI is InChI=1S/C13H26N2O3/c1-4-7-15-13(12(14)16,11-5-6-11)9-18-10(2)8-17-3/h10-11,15H,4-9H2,1-3H3,(H2,14,16). The van der Waals surface area contributed by atoms with Gasteiger partial charge in [-0.3, -0.25) is 4.79 Å². The van der Waals surface area contributed by atoms with E-state index in [9.17, 15) is 4.79 Å². The van der Waals surface area contributed by atoms with Crippen LogP contribution in [0.5, 0.6) is 0 Å². The van der Waals surface area contributed by atoms with Crippen LogP contribution in [-0.4, -0.2) is 44.4 Å². The van der Waals surface area contributed by atoms with Crippen molar-refractivity contribution in [2.45, 2.75) is 44.8 Å². The Morgan fingerprint density at radius 2 is 2.22 bits per heavy atom. The first-order chi connectivity index (χ1) is 8.56. The summed E-state index contributed by atoms with van der Waals surface area (Å²) in [6.07, 6.45) is 3.02. The van der Waals surface area contributed by atoms with Crippen molar-refractivity contribution in [3.8, 4) is 0 Å². The Hall–Kier alpha value is -0.650. The molecule has 18 heavy (non-hydrogen) atoms. The highest BCUT2D eigenvalue weighted by Crippen LogP contribution is 2.40. The van der Waals surface area contributed by atoms with E-state index in [1.165, 1.54) is 0 Å². The van der Waals surface area contributed by atoms with E-state index in [-0.39, 0.29) is 12.0 Å². The Balaban J connectivity index is 2.60. The van der Waals surface area contributed by atoms with Gasteiger partial charge in [-0.05, 0) is 38.6 Å². The molecule has 0 aliphatic heterocycles. The van der Waals surface area contributed by atoms with Gasteiger partial charge in [0.2, 0.25) is 5.91 Å². The molecule has 0 radical (unpaired) electrons. The van der Waals surface area contributed by atoms with Crippen LogP contribution in [0.15, 0.2) is 0 Å². The van der Waals surface area contributed by atoms with Gasteiger partial charge in [-0.25, -0.2) is 0 Å². The van der Waals surface area contributed by atoms with Gasteiger partial charge in [0.15, 0.2) is 0 Å². The topological polar surface area (TPSA) is 73.6 Å². The van der Waals surface area contributed by atoms with Crippen LogP contribution >= 0.6 is 0 Å². The van der Waals surface area contributed by atoms with Crippen molar-refractivity contribution in [2.75, 3.05) is 26.9 Å². The summed E-state index contributed by atoms with van der Waals surface area (Å²) in [6.45, 7) is 5.63. The number of nitrogens with two attached hydrogens (primary N) is 1. The zero-order valence-electron chi connectivity index (χ0n) is 11.7. The zero-order valence-corrected chi connectivity index (χ0v) is 11.7. The average Bonchev–Trinajstić information content (AvgIpc) is 3.14. The minimum Gasteiger partial charge on any atom is -0.382 e. The molecular formula is C13H26N2O3. The maximum Gasteiger partial charge on any atom is 0.240 e. The maximum absolute atomic E-state index is 11.8. The minimum atomic E-state index is -0.696. The van der Waals surface area contributed by atoms with Crippen LogP contribution in [0.4, 0.5) is 0 Å². The van der Waals surface area contributed by atoms with Gasteiger partial charge in [0.1, 0.15) is 5.54 Å². The molecule has 1 amide bonds. The Labute approximate surface area is 109 Å². The van der Waals surface area contributed by atoms with E-state index in [1.807, 2.05) is 6.92 Å². The van der Waals surface area contributed by atoms with E-state index in [1.54, 1.807) is 7.11 Å². The molecule has 1 saturated carbocycles. The summed E-state index contributed by atoms with van der Waals surface area (Å²) in [7, 11) is 1.64. The molecule has 1 rings (SSSR count). The van der Waals surface area contributed by atoms with Gasteiger partial charge in [0.25, 0.3) is 0 Å². The van der Waals surface area contributed by atoms with Crippen molar-refractivity contribution in [3.05, 3.63) is 0 Å². The Morgan fingerprint density at radius 3 is 2.67 bits per heavy atom. The van der Waals surface area contributed by atoms with E-state index in [0.717, 1.165) is 25.8 Å². The Morgan fingerprint density at radius 1 is 1.56 bits per heavy atom. The first kappa shape index (κ1) is 15.4. The summed E-state index contributed by atoms with van der Waals surface area (Å²) in [5.41, 5.74) is 4.90. The average molecular weight is 258 g/mol. The van der Waals surface area contributed by atoms with Crippen LogP contribution in [0.2, 0.25) is 0 Å². The molecule has 0 bridgehead atoms. The van der Waals surface area contributed by atoms with Crippen molar-refractivity contribution in [1.82, 2.24) is 5.32 Å². The third-order valence-electron chi connectivity index (χ3n) is 3.40. The molecule has 1 aliphatic carbocycles. The summed E-state index contributed by atoms with van der Waals surface area (Å²) in [6, 6.07) is 0. The van der Waals surface area contributed by atoms with Crippen molar-refractivity contribution in [2.24, 2.45) is 11.7 Å². The summed E-state index contributed by atoms with van der Waals surface area (Å²) >= 11 is 0. The molecule has 5 heteroatoms. The molecule has 0 spiro atoms. The quantitative estimate of drug-likeness (QED) is 0.604. The van der Waals surface area contributed by atoms with Gasteiger partial charge >= 0.3 is 0 Å². The maximum atomic E-state index is 11.8. The fraction of sp³-hybridized carbons (Fsp3) is 0.923. The van der Waals surface area contributed by atoms with Gasteiger partial charge in [-0.15, -0.1) is 0 Å². The first-order valence-corrected chi connectivity index (χ1v) is 6.72. The number of primary amides is 1. The van der Waals surface area contributed by atoms with Gasteiger partial charge < -0.3 is 20.5 Å². The second-order valence-corrected chi connectivity index (χ2v) is 5.11. The number of methoxy groups -OCH3 is 1. The highest BCUT2D eigenvalue weighted by Gasteiger charge is 2.49. The van der Waals surface area contributed by atoms with Crippen LogP contribution in [-0.2, 0) is 14.3 Å². The molecule has 106 valence electrons. The van der Waals surface area contributed by atoms with E-state index < -0.39 is 5.54 Å². The normalized spacial score (nSPS) is 20.4. The van der Waals surface area contributed by atoms with Gasteiger partial charge in [-0.1, -0.05) is 6.92 Å². The number of nitrogens with one attached hydrogen (secondary N) is 1. The van der Waals surface area contributed by atoms with Gasteiger partial charge in [0, 0.05) is 7.11 Å². The van der Waals surface area contributed by atoms with Crippen molar-refractivity contribution >= 4 is 5.91 Å². The van der Waals surface area contributed by atoms with Crippen molar-refractivity contribution in [3.63, 3.8) is 0 Å². The van der Waals surface area contributed by atoms with Crippen LogP contribution in [0.25, 0.3) is 0 Å². The molecule has 0 aromatic carbocycles. The molecule has 1 fully saturated rings. The first-order valence-electron chi connectivity index (χ1n) is 6.72. The van der Waals surface area contributed by atoms with Gasteiger partial charge in [0.05, 0.1) is 19.3 Å². The lowest BCUT2D eigenvalue weighted by Crippen LogP contribution is -2.61. The van der Waals surface area contributed by atoms with Crippen LogP contribution in [0.1, 0.15) is 33.1 Å². The number of amides is 1. The molecule has 0 heterocycles. The predicted molar refractivity (Wildman–Crippen MR) is 70.2 cm³/mol. The number of hydrogen-bond donors (Lipinski definition) is 2. The minimum absolute atomic E-state index is 0.0316. The Kier molecular flexibility index (Phi) is 6.05.